The average Bonchev–Trinajstić information content (AvgIpc) is 3.05. The molecule has 1 N–H and O–H groups in total. The number of fused-ring (bicyclic) bond motifs is 1. The number of anilines is 1. The number of nitrogens with zero attached hydrogens (tertiary/aromatic N) is 2. The lowest BCUT2D eigenvalue weighted by Crippen LogP contribution is -2.11. The van der Waals surface area contributed by atoms with Gasteiger partial charge in [-0.05, 0) is 30.2 Å². The van der Waals surface area contributed by atoms with Crippen molar-refractivity contribution >= 4 is 11.6 Å². The van der Waals surface area contributed by atoms with Crippen molar-refractivity contribution < 1.29 is 9.53 Å². The quantitative estimate of drug-likeness (QED) is 0.917. The van der Waals surface area contributed by atoms with Gasteiger partial charge in [0.15, 0.2) is 0 Å². The first-order chi connectivity index (χ1) is 9.26. The van der Waals surface area contributed by atoms with Gasteiger partial charge in [-0.15, -0.1) is 0 Å². The zero-order chi connectivity index (χ0) is 13.2. The molecule has 1 aromatic carbocycles. The molecule has 0 bridgehead atoms. The van der Waals surface area contributed by atoms with E-state index in [1.54, 1.807) is 10.9 Å². The molecule has 1 aliphatic rings. The summed E-state index contributed by atoms with van der Waals surface area (Å²) in [6.07, 6.45) is 3.46. The molecule has 1 aliphatic heterocycles. The molecule has 0 unspecified atom stereocenters. The molecule has 0 fully saturated rings. The van der Waals surface area contributed by atoms with Crippen LogP contribution in [0.25, 0.3) is 0 Å². The normalized spacial score (nSPS) is 13.3. The van der Waals surface area contributed by atoms with Gasteiger partial charge in [0.05, 0.1) is 25.1 Å². The average molecular weight is 257 g/mol. The van der Waals surface area contributed by atoms with Crippen molar-refractivity contribution in [1.82, 2.24) is 9.78 Å². The summed E-state index contributed by atoms with van der Waals surface area (Å²) in [6, 6.07) is 5.67. The smallest absolute Gasteiger partial charge is 0.255 e. The molecule has 0 atom stereocenters. The Morgan fingerprint density at radius 1 is 1.42 bits per heavy atom. The maximum atomic E-state index is 12.1. The number of carbonyl (C=O) groups excluding carboxylic acids is 1. The lowest BCUT2D eigenvalue weighted by atomic mass is 10.1. The third kappa shape index (κ3) is 2.37. The highest BCUT2D eigenvalue weighted by Crippen LogP contribution is 2.21. The van der Waals surface area contributed by atoms with E-state index < -0.39 is 0 Å². The number of aromatic nitrogens is 2. The standard InChI is InChI=1S/C14H15N3O2/c1-2-17-7-13(6-15-17)16-14(18)10-3-4-11-8-19-9-12(11)5-10/h3-7H,2,8-9H2,1H3,(H,16,18). The van der Waals surface area contributed by atoms with E-state index in [-0.39, 0.29) is 5.91 Å². The summed E-state index contributed by atoms with van der Waals surface area (Å²) in [4.78, 5) is 12.1. The van der Waals surface area contributed by atoms with Crippen molar-refractivity contribution in [2.75, 3.05) is 5.32 Å². The van der Waals surface area contributed by atoms with E-state index in [1.807, 2.05) is 31.3 Å². The van der Waals surface area contributed by atoms with Crippen LogP contribution in [0.3, 0.4) is 0 Å². The fraction of sp³-hybridized carbons (Fsp3) is 0.286. The van der Waals surface area contributed by atoms with Gasteiger partial charge in [-0.1, -0.05) is 6.07 Å². The molecule has 0 saturated heterocycles. The van der Waals surface area contributed by atoms with Crippen LogP contribution in [0, 0.1) is 0 Å². The molecule has 5 nitrogen and oxygen atoms in total. The summed E-state index contributed by atoms with van der Waals surface area (Å²) in [6.45, 7) is 4.01. The fourth-order valence-electron chi connectivity index (χ4n) is 2.12. The second kappa shape index (κ2) is 4.85. The molecule has 2 heterocycles. The van der Waals surface area contributed by atoms with E-state index in [9.17, 15) is 4.79 Å². The van der Waals surface area contributed by atoms with Gasteiger partial charge in [0, 0.05) is 18.3 Å². The Balaban J connectivity index is 1.76. The molecule has 1 amide bonds. The second-order valence-corrected chi connectivity index (χ2v) is 4.52. The highest BCUT2D eigenvalue weighted by molar-refractivity contribution is 6.04. The first-order valence-corrected chi connectivity index (χ1v) is 6.29. The van der Waals surface area contributed by atoms with E-state index >= 15 is 0 Å². The Hall–Kier alpha value is -2.14. The van der Waals surface area contributed by atoms with Crippen molar-refractivity contribution in [3.05, 3.63) is 47.3 Å². The van der Waals surface area contributed by atoms with Gasteiger partial charge in [0.2, 0.25) is 0 Å². The number of carbonyl (C=O) groups is 1. The van der Waals surface area contributed by atoms with E-state index in [1.165, 1.54) is 0 Å². The molecule has 1 aromatic heterocycles. The molecule has 0 radical (unpaired) electrons. The van der Waals surface area contributed by atoms with Crippen LogP contribution in [0.15, 0.2) is 30.6 Å². The van der Waals surface area contributed by atoms with Gasteiger partial charge >= 0.3 is 0 Å². The van der Waals surface area contributed by atoms with Crippen LogP contribution < -0.4 is 5.32 Å². The molecule has 19 heavy (non-hydrogen) atoms. The highest BCUT2D eigenvalue weighted by Gasteiger charge is 2.14. The molecule has 0 spiro atoms. The number of hydrogen-bond acceptors (Lipinski definition) is 3. The van der Waals surface area contributed by atoms with Gasteiger partial charge < -0.3 is 10.1 Å². The minimum Gasteiger partial charge on any atom is -0.372 e. The second-order valence-electron chi connectivity index (χ2n) is 4.52. The third-order valence-corrected chi connectivity index (χ3v) is 3.20. The third-order valence-electron chi connectivity index (χ3n) is 3.20. The van der Waals surface area contributed by atoms with E-state index in [4.69, 9.17) is 4.74 Å². The highest BCUT2D eigenvalue weighted by atomic mass is 16.5. The number of nitrogens with one attached hydrogen (secondary N) is 1. The van der Waals surface area contributed by atoms with E-state index in [2.05, 4.69) is 10.4 Å². The van der Waals surface area contributed by atoms with Crippen molar-refractivity contribution in [1.29, 1.82) is 0 Å². The molecular weight excluding hydrogens is 242 g/mol. The number of rotatable bonds is 3. The summed E-state index contributed by atoms with van der Waals surface area (Å²) < 4.78 is 7.11. The molecule has 0 aliphatic carbocycles. The van der Waals surface area contributed by atoms with Crippen molar-refractivity contribution in [2.24, 2.45) is 0 Å². The first kappa shape index (κ1) is 11.9. The number of amides is 1. The predicted molar refractivity (Wildman–Crippen MR) is 70.8 cm³/mol. The predicted octanol–water partition coefficient (Wildman–Crippen LogP) is 2.19. The zero-order valence-electron chi connectivity index (χ0n) is 10.7. The van der Waals surface area contributed by atoms with Gasteiger partial charge in [0.25, 0.3) is 5.91 Å². The fourth-order valence-corrected chi connectivity index (χ4v) is 2.12. The maximum Gasteiger partial charge on any atom is 0.255 e. The van der Waals surface area contributed by atoms with Crippen molar-refractivity contribution in [2.45, 2.75) is 26.7 Å². The minimum absolute atomic E-state index is 0.120. The molecular formula is C14H15N3O2. The Kier molecular flexibility index (Phi) is 3.05. The summed E-state index contributed by atoms with van der Waals surface area (Å²) >= 11 is 0. The zero-order valence-corrected chi connectivity index (χ0v) is 10.7. The Labute approximate surface area is 111 Å². The summed E-state index contributed by atoms with van der Waals surface area (Å²) in [7, 11) is 0. The summed E-state index contributed by atoms with van der Waals surface area (Å²) in [5, 5.41) is 6.96. The SMILES string of the molecule is CCn1cc(NC(=O)c2ccc3c(c2)COC3)cn1. The van der Waals surface area contributed by atoms with Crippen molar-refractivity contribution in [3.8, 4) is 0 Å². The topological polar surface area (TPSA) is 56.2 Å². The maximum absolute atomic E-state index is 12.1. The first-order valence-electron chi connectivity index (χ1n) is 6.29. The number of aryl methyl sites for hydroxylation is 1. The largest absolute Gasteiger partial charge is 0.372 e. The Bertz CT molecular complexity index is 619. The van der Waals surface area contributed by atoms with Crippen LogP contribution in [-0.2, 0) is 24.5 Å². The molecule has 5 heteroatoms. The van der Waals surface area contributed by atoms with Crippen LogP contribution in [0.2, 0.25) is 0 Å². The van der Waals surface area contributed by atoms with Gasteiger partial charge in [0.1, 0.15) is 0 Å². The Morgan fingerprint density at radius 2 is 2.26 bits per heavy atom. The van der Waals surface area contributed by atoms with Crippen molar-refractivity contribution in [3.63, 3.8) is 0 Å². The number of hydrogen-bond donors (Lipinski definition) is 1. The lowest BCUT2D eigenvalue weighted by molar-refractivity contribution is 0.102. The van der Waals surface area contributed by atoms with Crippen LogP contribution in [0.4, 0.5) is 5.69 Å². The van der Waals surface area contributed by atoms with E-state index in [0.29, 0.717) is 24.5 Å². The van der Waals surface area contributed by atoms with Gasteiger partial charge in [-0.25, -0.2) is 0 Å². The van der Waals surface area contributed by atoms with E-state index in [0.717, 1.165) is 17.7 Å². The minimum atomic E-state index is -0.120. The lowest BCUT2D eigenvalue weighted by Gasteiger charge is -2.04. The number of benzene rings is 1. The van der Waals surface area contributed by atoms with Crippen LogP contribution in [0.5, 0.6) is 0 Å². The van der Waals surface area contributed by atoms with Crippen LogP contribution in [0.1, 0.15) is 28.4 Å². The van der Waals surface area contributed by atoms with Crippen LogP contribution >= 0.6 is 0 Å². The molecule has 0 saturated carbocycles. The van der Waals surface area contributed by atoms with Gasteiger partial charge in [-0.2, -0.15) is 5.10 Å². The van der Waals surface area contributed by atoms with Crippen LogP contribution in [-0.4, -0.2) is 15.7 Å². The molecule has 2 aromatic rings. The summed E-state index contributed by atoms with van der Waals surface area (Å²) in [5.41, 5.74) is 3.62. The van der Waals surface area contributed by atoms with Gasteiger partial charge in [-0.3, -0.25) is 9.48 Å². The molecule has 3 rings (SSSR count). The Morgan fingerprint density at radius 3 is 3.05 bits per heavy atom. The number of ether oxygens (including phenoxy) is 1. The monoisotopic (exact) mass is 257 g/mol. The molecule has 98 valence electrons. The summed E-state index contributed by atoms with van der Waals surface area (Å²) in [5.74, 6) is -0.120.